The third-order valence-corrected chi connectivity index (χ3v) is 3.06. The summed E-state index contributed by atoms with van der Waals surface area (Å²) in [6.07, 6.45) is 0. The molecule has 0 saturated heterocycles. The van der Waals surface area contributed by atoms with Crippen LogP contribution in [-0.4, -0.2) is 5.91 Å². The van der Waals surface area contributed by atoms with Gasteiger partial charge >= 0.3 is 0 Å². The Bertz CT molecular complexity index is 601. The molecule has 0 radical (unpaired) electrons. The smallest absolute Gasteiger partial charge is 0.255 e. The maximum absolute atomic E-state index is 13.0. The van der Waals surface area contributed by atoms with E-state index in [1.165, 1.54) is 18.2 Å². The van der Waals surface area contributed by atoms with Crippen molar-refractivity contribution in [2.45, 2.75) is 0 Å². The summed E-state index contributed by atoms with van der Waals surface area (Å²) in [7, 11) is 0. The molecule has 5 heteroatoms. The van der Waals surface area contributed by atoms with Gasteiger partial charge in [0, 0.05) is 21.4 Å². The van der Waals surface area contributed by atoms with Crippen molar-refractivity contribution in [3.8, 4) is 0 Å². The Morgan fingerprint density at radius 1 is 1.22 bits per heavy atom. The van der Waals surface area contributed by atoms with Crippen LogP contribution in [0.15, 0.2) is 46.9 Å². The first kappa shape index (κ1) is 12.6. The second-order valence-electron chi connectivity index (χ2n) is 3.70. The standard InChI is InChI=1S/C13H10BrFN2O/c14-11-5-4-10(7-12(11)16)17-13(18)8-2-1-3-9(15)6-8/h1-7H,16H2,(H,17,18). The van der Waals surface area contributed by atoms with E-state index in [-0.39, 0.29) is 11.5 Å². The van der Waals surface area contributed by atoms with E-state index in [0.29, 0.717) is 11.4 Å². The van der Waals surface area contributed by atoms with E-state index < -0.39 is 5.82 Å². The van der Waals surface area contributed by atoms with Crippen LogP contribution in [0.1, 0.15) is 10.4 Å². The predicted octanol–water partition coefficient (Wildman–Crippen LogP) is 3.42. The lowest BCUT2D eigenvalue weighted by molar-refractivity contribution is 0.102. The SMILES string of the molecule is Nc1cc(NC(=O)c2cccc(F)c2)ccc1Br. The summed E-state index contributed by atoms with van der Waals surface area (Å²) in [4.78, 5) is 11.8. The van der Waals surface area contributed by atoms with Crippen molar-refractivity contribution in [1.29, 1.82) is 0 Å². The Morgan fingerprint density at radius 2 is 2.00 bits per heavy atom. The van der Waals surface area contributed by atoms with Gasteiger partial charge < -0.3 is 11.1 Å². The maximum Gasteiger partial charge on any atom is 0.255 e. The van der Waals surface area contributed by atoms with Crippen LogP contribution in [0, 0.1) is 5.82 Å². The maximum atomic E-state index is 13.0. The lowest BCUT2D eigenvalue weighted by Gasteiger charge is -2.07. The van der Waals surface area contributed by atoms with Crippen LogP contribution in [0.2, 0.25) is 0 Å². The number of nitrogens with two attached hydrogens (primary N) is 1. The van der Waals surface area contributed by atoms with Gasteiger partial charge in [0.25, 0.3) is 5.91 Å². The molecule has 0 aliphatic rings. The molecule has 0 heterocycles. The van der Waals surface area contributed by atoms with Crippen molar-refractivity contribution in [2.24, 2.45) is 0 Å². The van der Waals surface area contributed by atoms with Gasteiger partial charge in [-0.15, -0.1) is 0 Å². The van der Waals surface area contributed by atoms with Gasteiger partial charge in [-0.1, -0.05) is 6.07 Å². The summed E-state index contributed by atoms with van der Waals surface area (Å²) in [5.41, 5.74) is 7.04. The number of rotatable bonds is 2. The quantitative estimate of drug-likeness (QED) is 0.835. The largest absolute Gasteiger partial charge is 0.398 e. The average Bonchev–Trinajstić information content (AvgIpc) is 2.34. The number of carbonyl (C=O) groups excluding carboxylic acids is 1. The summed E-state index contributed by atoms with van der Waals surface area (Å²) in [5, 5.41) is 2.65. The topological polar surface area (TPSA) is 55.1 Å². The third kappa shape index (κ3) is 2.87. The molecule has 0 atom stereocenters. The van der Waals surface area contributed by atoms with Gasteiger partial charge in [-0.2, -0.15) is 0 Å². The van der Waals surface area contributed by atoms with E-state index in [2.05, 4.69) is 21.2 Å². The number of halogens is 2. The highest BCUT2D eigenvalue weighted by Gasteiger charge is 2.07. The van der Waals surface area contributed by atoms with Gasteiger partial charge in [-0.05, 0) is 52.3 Å². The fraction of sp³-hybridized carbons (Fsp3) is 0. The molecule has 1 amide bonds. The third-order valence-electron chi connectivity index (χ3n) is 2.34. The Hall–Kier alpha value is -1.88. The number of amides is 1. The minimum absolute atomic E-state index is 0.261. The van der Waals surface area contributed by atoms with Gasteiger partial charge in [0.2, 0.25) is 0 Å². The zero-order valence-corrected chi connectivity index (χ0v) is 10.9. The van der Waals surface area contributed by atoms with E-state index in [0.717, 1.165) is 4.47 Å². The second-order valence-corrected chi connectivity index (χ2v) is 4.56. The van der Waals surface area contributed by atoms with Gasteiger partial charge in [0.05, 0.1) is 0 Å². The normalized spacial score (nSPS) is 10.1. The average molecular weight is 309 g/mol. The molecule has 0 aliphatic heterocycles. The fourth-order valence-corrected chi connectivity index (χ4v) is 1.70. The van der Waals surface area contributed by atoms with Crippen molar-refractivity contribution < 1.29 is 9.18 Å². The molecule has 0 unspecified atom stereocenters. The minimum Gasteiger partial charge on any atom is -0.398 e. The number of carbonyl (C=O) groups is 1. The molecule has 18 heavy (non-hydrogen) atoms. The van der Waals surface area contributed by atoms with Crippen LogP contribution in [0.3, 0.4) is 0 Å². The van der Waals surface area contributed by atoms with Crippen LogP contribution in [0.5, 0.6) is 0 Å². The number of anilines is 2. The molecule has 3 nitrogen and oxygen atoms in total. The van der Waals surface area contributed by atoms with E-state index in [9.17, 15) is 9.18 Å². The molecule has 2 aromatic carbocycles. The minimum atomic E-state index is -0.446. The molecular formula is C13H10BrFN2O. The summed E-state index contributed by atoms with van der Waals surface area (Å²) in [6, 6.07) is 10.6. The van der Waals surface area contributed by atoms with Crippen LogP contribution in [0.25, 0.3) is 0 Å². The Kier molecular flexibility index (Phi) is 3.62. The molecule has 2 rings (SSSR count). The monoisotopic (exact) mass is 308 g/mol. The van der Waals surface area contributed by atoms with E-state index in [1.54, 1.807) is 24.3 Å². The molecule has 0 aliphatic carbocycles. The molecule has 92 valence electrons. The predicted molar refractivity (Wildman–Crippen MR) is 72.9 cm³/mol. The first-order chi connectivity index (χ1) is 8.56. The van der Waals surface area contributed by atoms with Crippen molar-refractivity contribution in [3.63, 3.8) is 0 Å². The lowest BCUT2D eigenvalue weighted by atomic mass is 10.2. The van der Waals surface area contributed by atoms with Crippen LogP contribution in [0.4, 0.5) is 15.8 Å². The Labute approximate surface area is 112 Å². The highest BCUT2D eigenvalue weighted by Crippen LogP contribution is 2.23. The van der Waals surface area contributed by atoms with Crippen LogP contribution in [-0.2, 0) is 0 Å². The molecule has 0 bridgehead atoms. The Balaban J connectivity index is 2.18. The van der Waals surface area contributed by atoms with Gasteiger partial charge in [-0.3, -0.25) is 4.79 Å². The molecule has 2 aromatic rings. The van der Waals surface area contributed by atoms with Crippen molar-refractivity contribution in [2.75, 3.05) is 11.1 Å². The first-order valence-corrected chi connectivity index (χ1v) is 5.97. The zero-order chi connectivity index (χ0) is 13.1. The number of benzene rings is 2. The highest BCUT2D eigenvalue weighted by atomic mass is 79.9. The van der Waals surface area contributed by atoms with E-state index in [4.69, 9.17) is 5.73 Å². The molecular weight excluding hydrogens is 299 g/mol. The molecule has 3 N–H and O–H groups in total. The number of hydrogen-bond donors (Lipinski definition) is 2. The van der Waals surface area contributed by atoms with Gasteiger partial charge in [0.15, 0.2) is 0 Å². The lowest BCUT2D eigenvalue weighted by Crippen LogP contribution is -2.12. The first-order valence-electron chi connectivity index (χ1n) is 5.18. The van der Waals surface area contributed by atoms with Crippen molar-refractivity contribution >= 4 is 33.2 Å². The molecule has 0 spiro atoms. The van der Waals surface area contributed by atoms with Crippen molar-refractivity contribution in [3.05, 3.63) is 58.3 Å². The van der Waals surface area contributed by atoms with Gasteiger partial charge in [-0.25, -0.2) is 4.39 Å². The van der Waals surface area contributed by atoms with Crippen molar-refractivity contribution in [1.82, 2.24) is 0 Å². The van der Waals surface area contributed by atoms with Crippen LogP contribution < -0.4 is 11.1 Å². The summed E-state index contributed by atoms with van der Waals surface area (Å²) in [6.45, 7) is 0. The highest BCUT2D eigenvalue weighted by molar-refractivity contribution is 9.10. The second kappa shape index (κ2) is 5.18. The number of nitrogens with one attached hydrogen (secondary N) is 1. The summed E-state index contributed by atoms with van der Waals surface area (Å²) >= 11 is 3.26. The molecule has 0 aromatic heterocycles. The summed E-state index contributed by atoms with van der Waals surface area (Å²) in [5.74, 6) is -0.825. The fourth-order valence-electron chi connectivity index (χ4n) is 1.45. The zero-order valence-electron chi connectivity index (χ0n) is 9.28. The molecule has 0 fully saturated rings. The van der Waals surface area contributed by atoms with E-state index in [1.807, 2.05) is 0 Å². The van der Waals surface area contributed by atoms with Gasteiger partial charge in [0.1, 0.15) is 5.82 Å². The summed E-state index contributed by atoms with van der Waals surface area (Å²) < 4.78 is 13.7. The van der Waals surface area contributed by atoms with E-state index >= 15 is 0 Å². The Morgan fingerprint density at radius 3 is 2.67 bits per heavy atom. The van der Waals surface area contributed by atoms with Crippen LogP contribution >= 0.6 is 15.9 Å². The number of nitrogen functional groups attached to an aromatic ring is 1. The number of hydrogen-bond acceptors (Lipinski definition) is 2. The molecule has 0 saturated carbocycles.